The lowest BCUT2D eigenvalue weighted by Gasteiger charge is -2.15. The van der Waals surface area contributed by atoms with E-state index in [1.54, 1.807) is 23.5 Å². The van der Waals surface area contributed by atoms with Crippen LogP contribution < -0.4 is 10.6 Å². The van der Waals surface area contributed by atoms with Crippen molar-refractivity contribution < 1.29 is 9.50 Å². The molecule has 0 saturated carbocycles. The van der Waals surface area contributed by atoms with Gasteiger partial charge in [-0.15, -0.1) is 35.3 Å². The van der Waals surface area contributed by atoms with Gasteiger partial charge in [0.25, 0.3) is 0 Å². The summed E-state index contributed by atoms with van der Waals surface area (Å²) >= 11 is 1.60. The van der Waals surface area contributed by atoms with Crippen molar-refractivity contribution in [2.45, 2.75) is 39.3 Å². The molecule has 1 unspecified atom stereocenters. The molecular formula is C18H26FIN4OS. The smallest absolute Gasteiger partial charge is 0.191 e. The molecule has 0 fully saturated rings. The van der Waals surface area contributed by atoms with Crippen LogP contribution in [0, 0.1) is 5.82 Å². The maximum Gasteiger partial charge on any atom is 0.191 e. The Kier molecular flexibility index (Phi) is 10.0. The molecule has 0 aliphatic carbocycles. The lowest BCUT2D eigenvalue weighted by Crippen LogP contribution is -2.39. The topological polar surface area (TPSA) is 69.5 Å². The Morgan fingerprint density at radius 3 is 2.54 bits per heavy atom. The molecule has 1 aromatic carbocycles. The fourth-order valence-corrected chi connectivity index (χ4v) is 3.03. The molecule has 2 aromatic rings. The second kappa shape index (κ2) is 11.5. The summed E-state index contributed by atoms with van der Waals surface area (Å²) in [4.78, 5) is 9.07. The van der Waals surface area contributed by atoms with Gasteiger partial charge in [0.15, 0.2) is 5.96 Å². The zero-order valence-electron chi connectivity index (χ0n) is 15.2. The molecule has 5 nitrogen and oxygen atoms in total. The number of thiazole rings is 1. The maximum atomic E-state index is 12.9. The predicted octanol–water partition coefficient (Wildman–Crippen LogP) is 3.81. The standard InChI is InChI=1S/C18H25FN4OS.HI/c1-4-20-18(22-10-17-23-15(11-25-17)12(2)3)21-9-16(24)13-5-7-14(19)8-6-13;/h5-8,11-12,16,24H,4,9-10H2,1-3H3,(H2,20,21,22);1H. The van der Waals surface area contributed by atoms with Crippen LogP contribution in [-0.2, 0) is 6.54 Å². The van der Waals surface area contributed by atoms with Crippen LogP contribution in [0.3, 0.4) is 0 Å². The third kappa shape index (κ3) is 7.16. The summed E-state index contributed by atoms with van der Waals surface area (Å²) in [6, 6.07) is 5.84. The zero-order chi connectivity index (χ0) is 18.2. The molecular weight excluding hydrogens is 466 g/mol. The fourth-order valence-electron chi connectivity index (χ4n) is 2.15. The SMILES string of the molecule is CCNC(=NCc1nc(C(C)C)cs1)NCC(O)c1ccc(F)cc1.I. The molecule has 0 aliphatic heterocycles. The van der Waals surface area contributed by atoms with Gasteiger partial charge in [0.1, 0.15) is 10.8 Å². The first-order chi connectivity index (χ1) is 12.0. The molecule has 0 radical (unpaired) electrons. The van der Waals surface area contributed by atoms with Gasteiger partial charge in [-0.2, -0.15) is 0 Å². The minimum atomic E-state index is -0.739. The van der Waals surface area contributed by atoms with Crippen LogP contribution in [0.1, 0.15) is 49.1 Å². The van der Waals surface area contributed by atoms with Crippen LogP contribution in [0.5, 0.6) is 0 Å². The van der Waals surface area contributed by atoms with Crippen molar-refractivity contribution in [1.82, 2.24) is 15.6 Å². The Balaban J connectivity index is 0.00000338. The number of hydrogen-bond donors (Lipinski definition) is 3. The summed E-state index contributed by atoms with van der Waals surface area (Å²) in [5.41, 5.74) is 1.74. The predicted molar refractivity (Wildman–Crippen MR) is 116 cm³/mol. The highest BCUT2D eigenvalue weighted by Gasteiger charge is 2.09. The van der Waals surface area contributed by atoms with Crippen LogP contribution in [0.4, 0.5) is 4.39 Å². The molecule has 1 atom stereocenters. The van der Waals surface area contributed by atoms with E-state index in [4.69, 9.17) is 0 Å². The van der Waals surface area contributed by atoms with Gasteiger partial charge in [-0.3, -0.25) is 0 Å². The van der Waals surface area contributed by atoms with E-state index in [0.29, 0.717) is 30.5 Å². The van der Waals surface area contributed by atoms with Crippen molar-refractivity contribution in [3.8, 4) is 0 Å². The first kappa shape index (κ1) is 22.8. The van der Waals surface area contributed by atoms with Gasteiger partial charge in [0, 0.05) is 18.5 Å². The minimum absolute atomic E-state index is 0. The van der Waals surface area contributed by atoms with Gasteiger partial charge in [0.05, 0.1) is 18.3 Å². The van der Waals surface area contributed by atoms with E-state index in [1.165, 1.54) is 12.1 Å². The number of guanidine groups is 1. The molecule has 0 aliphatic rings. The molecule has 144 valence electrons. The number of benzene rings is 1. The number of aliphatic hydroxyl groups is 1. The third-order valence-electron chi connectivity index (χ3n) is 3.60. The summed E-state index contributed by atoms with van der Waals surface area (Å²) < 4.78 is 12.9. The maximum absolute atomic E-state index is 12.9. The molecule has 0 saturated heterocycles. The van der Waals surface area contributed by atoms with Crippen molar-refractivity contribution >= 4 is 41.3 Å². The number of aromatic nitrogens is 1. The number of hydrogen-bond acceptors (Lipinski definition) is 4. The number of halogens is 2. The first-order valence-electron chi connectivity index (χ1n) is 8.39. The van der Waals surface area contributed by atoms with Crippen molar-refractivity contribution in [3.05, 3.63) is 51.7 Å². The van der Waals surface area contributed by atoms with E-state index in [-0.39, 0.29) is 36.3 Å². The summed E-state index contributed by atoms with van der Waals surface area (Å²) in [6.45, 7) is 7.70. The Morgan fingerprint density at radius 1 is 1.27 bits per heavy atom. The quantitative estimate of drug-likeness (QED) is 0.313. The molecule has 0 amide bonds. The molecule has 2 rings (SSSR count). The first-order valence-corrected chi connectivity index (χ1v) is 9.27. The summed E-state index contributed by atoms with van der Waals surface area (Å²) in [7, 11) is 0. The fraction of sp³-hybridized carbons (Fsp3) is 0.444. The Bertz CT molecular complexity index is 691. The van der Waals surface area contributed by atoms with E-state index in [9.17, 15) is 9.50 Å². The Hall–Kier alpha value is -1.26. The van der Waals surface area contributed by atoms with Crippen LogP contribution >= 0.6 is 35.3 Å². The number of nitrogens with one attached hydrogen (secondary N) is 2. The highest BCUT2D eigenvalue weighted by molar-refractivity contribution is 14.0. The van der Waals surface area contributed by atoms with Crippen LogP contribution in [-0.4, -0.2) is 29.1 Å². The molecule has 26 heavy (non-hydrogen) atoms. The van der Waals surface area contributed by atoms with E-state index in [1.807, 2.05) is 6.92 Å². The lowest BCUT2D eigenvalue weighted by atomic mass is 10.1. The second-order valence-electron chi connectivity index (χ2n) is 5.96. The largest absolute Gasteiger partial charge is 0.387 e. The van der Waals surface area contributed by atoms with Gasteiger partial charge < -0.3 is 15.7 Å². The summed E-state index contributed by atoms with van der Waals surface area (Å²) in [5.74, 6) is 0.708. The Labute approximate surface area is 175 Å². The average molecular weight is 492 g/mol. The molecule has 1 aromatic heterocycles. The van der Waals surface area contributed by atoms with E-state index in [2.05, 4.69) is 39.8 Å². The third-order valence-corrected chi connectivity index (χ3v) is 4.45. The monoisotopic (exact) mass is 492 g/mol. The molecule has 8 heteroatoms. The highest BCUT2D eigenvalue weighted by atomic mass is 127. The van der Waals surface area contributed by atoms with Gasteiger partial charge in [-0.1, -0.05) is 26.0 Å². The van der Waals surface area contributed by atoms with Gasteiger partial charge >= 0.3 is 0 Å². The normalized spacial score (nSPS) is 12.6. The summed E-state index contributed by atoms with van der Waals surface area (Å²) in [6.07, 6.45) is -0.739. The van der Waals surface area contributed by atoms with Gasteiger partial charge in [-0.25, -0.2) is 14.4 Å². The Morgan fingerprint density at radius 2 is 1.96 bits per heavy atom. The van der Waals surface area contributed by atoms with Crippen LogP contribution in [0.25, 0.3) is 0 Å². The van der Waals surface area contributed by atoms with Gasteiger partial charge in [0.2, 0.25) is 0 Å². The number of aliphatic hydroxyl groups excluding tert-OH is 1. The average Bonchev–Trinajstić information content (AvgIpc) is 3.07. The minimum Gasteiger partial charge on any atom is -0.387 e. The van der Waals surface area contributed by atoms with Crippen molar-refractivity contribution in [3.63, 3.8) is 0 Å². The van der Waals surface area contributed by atoms with Crippen LogP contribution in [0.15, 0.2) is 34.6 Å². The van der Waals surface area contributed by atoms with Crippen LogP contribution in [0.2, 0.25) is 0 Å². The van der Waals surface area contributed by atoms with E-state index < -0.39 is 6.10 Å². The van der Waals surface area contributed by atoms with E-state index in [0.717, 1.165) is 10.7 Å². The molecule has 0 bridgehead atoms. The van der Waals surface area contributed by atoms with Gasteiger partial charge in [-0.05, 0) is 30.5 Å². The lowest BCUT2D eigenvalue weighted by molar-refractivity contribution is 0.180. The van der Waals surface area contributed by atoms with E-state index >= 15 is 0 Å². The zero-order valence-corrected chi connectivity index (χ0v) is 18.3. The van der Waals surface area contributed by atoms with Crippen molar-refractivity contribution in [1.29, 1.82) is 0 Å². The number of rotatable bonds is 7. The van der Waals surface area contributed by atoms with Crippen molar-refractivity contribution in [2.24, 2.45) is 4.99 Å². The number of aliphatic imine (C=N–C) groups is 1. The second-order valence-corrected chi connectivity index (χ2v) is 6.91. The highest BCUT2D eigenvalue weighted by Crippen LogP contribution is 2.18. The molecule has 1 heterocycles. The summed E-state index contributed by atoms with van der Waals surface area (Å²) in [5, 5.41) is 19.5. The molecule has 0 spiro atoms. The van der Waals surface area contributed by atoms with Crippen molar-refractivity contribution in [2.75, 3.05) is 13.1 Å². The molecule has 3 N–H and O–H groups in total. The number of nitrogens with zero attached hydrogens (tertiary/aromatic N) is 2.